The van der Waals surface area contributed by atoms with Crippen LogP contribution < -0.4 is 10.2 Å². The summed E-state index contributed by atoms with van der Waals surface area (Å²) in [5, 5.41) is 3.44. The van der Waals surface area contributed by atoms with Crippen molar-refractivity contribution in [3.63, 3.8) is 0 Å². The number of rotatable bonds is 6. The second-order valence-electron chi connectivity index (χ2n) is 4.11. The molecule has 0 aliphatic heterocycles. The minimum absolute atomic E-state index is 0.378. The fraction of sp³-hybridized carbons (Fsp3) is 0.583. The van der Waals surface area contributed by atoms with Gasteiger partial charge in [0.05, 0.1) is 17.6 Å². The van der Waals surface area contributed by atoms with Crippen LogP contribution >= 0.6 is 0 Å². The molecule has 0 fully saturated rings. The van der Waals surface area contributed by atoms with Crippen LogP contribution in [-0.2, 0) is 4.74 Å². The topological polar surface area (TPSA) is 37.4 Å². The number of hydrogen-bond donors (Lipinski definition) is 1. The number of pyridine rings is 1. The summed E-state index contributed by atoms with van der Waals surface area (Å²) < 4.78 is 5.06. The number of methoxy groups -OCH3 is 1. The monoisotopic (exact) mass is 223 g/mol. The molecule has 1 heterocycles. The molecule has 0 saturated heterocycles. The summed E-state index contributed by atoms with van der Waals surface area (Å²) >= 11 is 0. The molecule has 0 aliphatic rings. The van der Waals surface area contributed by atoms with Crippen LogP contribution in [0.5, 0.6) is 0 Å². The van der Waals surface area contributed by atoms with E-state index in [9.17, 15) is 0 Å². The average Bonchev–Trinajstić information content (AvgIpc) is 2.27. The first-order chi connectivity index (χ1) is 7.65. The molecule has 0 bridgehead atoms. The predicted octanol–water partition coefficient (Wildman–Crippen LogP) is 1.98. The van der Waals surface area contributed by atoms with Crippen LogP contribution in [0.15, 0.2) is 18.5 Å². The van der Waals surface area contributed by atoms with Crippen LogP contribution in [0.1, 0.15) is 13.3 Å². The van der Waals surface area contributed by atoms with Crippen LogP contribution in [0.25, 0.3) is 0 Å². The van der Waals surface area contributed by atoms with Gasteiger partial charge >= 0.3 is 0 Å². The van der Waals surface area contributed by atoms with Gasteiger partial charge in [-0.05, 0) is 19.4 Å². The lowest BCUT2D eigenvalue weighted by Gasteiger charge is -2.21. The van der Waals surface area contributed by atoms with Crippen molar-refractivity contribution in [1.29, 1.82) is 0 Å². The Morgan fingerprint density at radius 3 is 2.88 bits per heavy atom. The Hall–Kier alpha value is -1.29. The third-order valence-corrected chi connectivity index (χ3v) is 2.44. The van der Waals surface area contributed by atoms with E-state index in [1.807, 2.05) is 26.4 Å². The molecule has 90 valence electrons. The fourth-order valence-electron chi connectivity index (χ4n) is 1.52. The van der Waals surface area contributed by atoms with Crippen LogP contribution in [0, 0.1) is 0 Å². The second-order valence-corrected chi connectivity index (χ2v) is 4.11. The quantitative estimate of drug-likeness (QED) is 0.800. The lowest BCUT2D eigenvalue weighted by atomic mass is 10.2. The Morgan fingerprint density at radius 2 is 2.25 bits per heavy atom. The van der Waals surface area contributed by atoms with Crippen molar-refractivity contribution in [2.75, 3.05) is 38.0 Å². The van der Waals surface area contributed by atoms with Gasteiger partial charge in [-0.15, -0.1) is 0 Å². The maximum atomic E-state index is 5.06. The summed E-state index contributed by atoms with van der Waals surface area (Å²) in [6.07, 6.45) is 4.65. The Labute approximate surface area is 97.6 Å². The van der Waals surface area contributed by atoms with Crippen molar-refractivity contribution >= 4 is 11.4 Å². The Morgan fingerprint density at radius 1 is 1.50 bits per heavy atom. The third kappa shape index (κ3) is 3.70. The lowest BCUT2D eigenvalue weighted by molar-refractivity contribution is 0.191. The predicted molar refractivity (Wildman–Crippen MR) is 68.1 cm³/mol. The first-order valence-electron chi connectivity index (χ1n) is 5.52. The number of ether oxygens (including phenoxy) is 1. The van der Waals surface area contributed by atoms with Crippen molar-refractivity contribution in [2.45, 2.75) is 19.4 Å². The highest BCUT2D eigenvalue weighted by atomic mass is 16.5. The standard InChI is InChI=1S/C12H21N3O/c1-10(6-8-16-4)14-11-9-13-7-5-12(11)15(2)3/h5,7,9-10,14H,6,8H2,1-4H3. The van der Waals surface area contributed by atoms with Gasteiger partial charge < -0.3 is 15.0 Å². The summed E-state index contributed by atoms with van der Waals surface area (Å²) in [6.45, 7) is 2.91. The Balaban J connectivity index is 2.65. The van der Waals surface area contributed by atoms with Gasteiger partial charge in [0.2, 0.25) is 0 Å². The maximum Gasteiger partial charge on any atom is 0.0766 e. The number of anilines is 2. The summed E-state index contributed by atoms with van der Waals surface area (Å²) in [4.78, 5) is 6.22. The first kappa shape index (κ1) is 12.8. The number of aromatic nitrogens is 1. The van der Waals surface area contributed by atoms with E-state index in [0.717, 1.165) is 24.4 Å². The molecule has 4 nitrogen and oxygen atoms in total. The van der Waals surface area contributed by atoms with Gasteiger partial charge in [-0.2, -0.15) is 0 Å². The third-order valence-electron chi connectivity index (χ3n) is 2.44. The SMILES string of the molecule is COCCC(C)Nc1cnccc1N(C)C. The van der Waals surface area contributed by atoms with E-state index in [4.69, 9.17) is 4.74 Å². The van der Waals surface area contributed by atoms with Gasteiger partial charge in [0.1, 0.15) is 0 Å². The van der Waals surface area contributed by atoms with E-state index in [1.54, 1.807) is 13.3 Å². The molecule has 1 N–H and O–H groups in total. The molecule has 0 amide bonds. The summed E-state index contributed by atoms with van der Waals surface area (Å²) in [5.41, 5.74) is 2.22. The van der Waals surface area contributed by atoms with Gasteiger partial charge in [-0.25, -0.2) is 0 Å². The van der Waals surface area contributed by atoms with Gasteiger partial charge in [-0.1, -0.05) is 0 Å². The van der Waals surface area contributed by atoms with Crippen LogP contribution in [0.4, 0.5) is 11.4 Å². The Kier molecular flexibility index (Phi) is 5.05. The van der Waals surface area contributed by atoms with Gasteiger partial charge in [0.25, 0.3) is 0 Å². The molecule has 1 aromatic rings. The number of hydrogen-bond acceptors (Lipinski definition) is 4. The Bertz CT molecular complexity index is 315. The molecule has 0 radical (unpaired) electrons. The lowest BCUT2D eigenvalue weighted by Crippen LogP contribution is -2.20. The van der Waals surface area contributed by atoms with E-state index < -0.39 is 0 Å². The second kappa shape index (κ2) is 6.33. The normalized spacial score (nSPS) is 12.2. The van der Waals surface area contributed by atoms with E-state index in [2.05, 4.69) is 22.1 Å². The highest BCUT2D eigenvalue weighted by molar-refractivity contribution is 5.68. The van der Waals surface area contributed by atoms with E-state index in [-0.39, 0.29) is 0 Å². The zero-order valence-electron chi connectivity index (χ0n) is 10.5. The molecule has 1 aromatic heterocycles. The van der Waals surface area contributed by atoms with Crippen molar-refractivity contribution in [2.24, 2.45) is 0 Å². The molecule has 1 rings (SSSR count). The van der Waals surface area contributed by atoms with Gasteiger partial charge in [0.15, 0.2) is 0 Å². The maximum absolute atomic E-state index is 5.06. The van der Waals surface area contributed by atoms with Gasteiger partial charge in [-0.3, -0.25) is 4.98 Å². The molecular weight excluding hydrogens is 202 g/mol. The summed E-state index contributed by atoms with van der Waals surface area (Å²) in [6, 6.07) is 2.38. The van der Waals surface area contributed by atoms with Crippen molar-refractivity contribution in [3.8, 4) is 0 Å². The molecule has 0 spiro atoms. The first-order valence-corrected chi connectivity index (χ1v) is 5.52. The zero-order valence-corrected chi connectivity index (χ0v) is 10.5. The highest BCUT2D eigenvalue weighted by Gasteiger charge is 2.07. The smallest absolute Gasteiger partial charge is 0.0766 e. The fourth-order valence-corrected chi connectivity index (χ4v) is 1.52. The van der Waals surface area contributed by atoms with E-state index in [0.29, 0.717) is 6.04 Å². The molecule has 1 atom stereocenters. The molecule has 1 unspecified atom stereocenters. The minimum atomic E-state index is 0.378. The molecular formula is C12H21N3O. The van der Waals surface area contributed by atoms with Crippen LogP contribution in [-0.4, -0.2) is 38.8 Å². The van der Waals surface area contributed by atoms with Gasteiger partial charge in [0, 0.05) is 40.1 Å². The highest BCUT2D eigenvalue weighted by Crippen LogP contribution is 2.23. The van der Waals surface area contributed by atoms with Crippen molar-refractivity contribution in [3.05, 3.63) is 18.5 Å². The molecule has 16 heavy (non-hydrogen) atoms. The van der Waals surface area contributed by atoms with Crippen LogP contribution in [0.2, 0.25) is 0 Å². The van der Waals surface area contributed by atoms with E-state index in [1.165, 1.54) is 0 Å². The molecule has 0 aliphatic carbocycles. The molecule has 0 aromatic carbocycles. The summed E-state index contributed by atoms with van der Waals surface area (Å²) in [7, 11) is 5.78. The van der Waals surface area contributed by atoms with Crippen molar-refractivity contribution in [1.82, 2.24) is 4.98 Å². The number of nitrogens with zero attached hydrogens (tertiary/aromatic N) is 2. The number of nitrogens with one attached hydrogen (secondary N) is 1. The molecule has 4 heteroatoms. The van der Waals surface area contributed by atoms with Crippen molar-refractivity contribution < 1.29 is 4.74 Å². The zero-order chi connectivity index (χ0) is 12.0. The van der Waals surface area contributed by atoms with Crippen LogP contribution in [0.3, 0.4) is 0 Å². The largest absolute Gasteiger partial charge is 0.385 e. The summed E-state index contributed by atoms with van der Waals surface area (Å²) in [5.74, 6) is 0. The average molecular weight is 223 g/mol. The molecule has 0 saturated carbocycles. The van der Waals surface area contributed by atoms with E-state index >= 15 is 0 Å². The minimum Gasteiger partial charge on any atom is -0.385 e.